The number of hydrogen-bond donors (Lipinski definition) is 1. The molecule has 1 saturated heterocycles. The van der Waals surface area contributed by atoms with Crippen molar-refractivity contribution in [3.63, 3.8) is 0 Å². The van der Waals surface area contributed by atoms with Gasteiger partial charge >= 0.3 is 5.97 Å². The molecule has 0 bridgehead atoms. The van der Waals surface area contributed by atoms with Gasteiger partial charge in [-0.25, -0.2) is 0 Å². The van der Waals surface area contributed by atoms with E-state index in [1.807, 2.05) is 18.0 Å². The van der Waals surface area contributed by atoms with Crippen molar-refractivity contribution in [2.45, 2.75) is 31.8 Å². The molecule has 2 fully saturated rings. The SMILES string of the molecule is CC1CC1c1ccc(CN(C)C2COCC2C(=O)O)o1. The van der Waals surface area contributed by atoms with Gasteiger partial charge in [-0.05, 0) is 31.5 Å². The van der Waals surface area contributed by atoms with Gasteiger partial charge in [-0.1, -0.05) is 6.92 Å². The van der Waals surface area contributed by atoms with Crippen molar-refractivity contribution in [3.05, 3.63) is 23.7 Å². The molecule has 1 aromatic rings. The summed E-state index contributed by atoms with van der Waals surface area (Å²) in [5.74, 6) is 2.04. The lowest BCUT2D eigenvalue weighted by atomic mass is 10.0. The summed E-state index contributed by atoms with van der Waals surface area (Å²) in [5, 5.41) is 9.18. The van der Waals surface area contributed by atoms with Crippen LogP contribution in [0.1, 0.15) is 30.8 Å². The van der Waals surface area contributed by atoms with Crippen molar-refractivity contribution in [2.75, 3.05) is 20.3 Å². The Balaban J connectivity index is 1.62. The van der Waals surface area contributed by atoms with E-state index in [1.165, 1.54) is 6.42 Å². The molecule has 4 atom stereocenters. The molecule has 1 aliphatic heterocycles. The van der Waals surface area contributed by atoms with Gasteiger partial charge in [-0.15, -0.1) is 0 Å². The largest absolute Gasteiger partial charge is 0.481 e. The Kier molecular flexibility index (Phi) is 3.56. The number of furan rings is 1. The first-order chi connectivity index (χ1) is 9.56. The van der Waals surface area contributed by atoms with E-state index in [-0.39, 0.29) is 6.04 Å². The third-order valence-electron chi connectivity index (χ3n) is 4.50. The smallest absolute Gasteiger partial charge is 0.310 e. The summed E-state index contributed by atoms with van der Waals surface area (Å²) in [6, 6.07) is 3.97. The lowest BCUT2D eigenvalue weighted by Crippen LogP contribution is -2.40. The highest BCUT2D eigenvalue weighted by Crippen LogP contribution is 2.47. The van der Waals surface area contributed by atoms with Gasteiger partial charge in [0.1, 0.15) is 11.5 Å². The van der Waals surface area contributed by atoms with Crippen LogP contribution in [0.25, 0.3) is 0 Å². The van der Waals surface area contributed by atoms with Crippen molar-refractivity contribution >= 4 is 5.97 Å². The van der Waals surface area contributed by atoms with Crippen LogP contribution in [0.4, 0.5) is 0 Å². The number of carbonyl (C=O) groups is 1. The Labute approximate surface area is 118 Å². The van der Waals surface area contributed by atoms with Crippen molar-refractivity contribution in [3.8, 4) is 0 Å². The van der Waals surface area contributed by atoms with Crippen molar-refractivity contribution in [1.29, 1.82) is 0 Å². The summed E-state index contributed by atoms with van der Waals surface area (Å²) in [4.78, 5) is 13.2. The normalized spacial score (nSPS) is 32.8. The third kappa shape index (κ3) is 2.60. The van der Waals surface area contributed by atoms with Gasteiger partial charge in [-0.2, -0.15) is 0 Å². The van der Waals surface area contributed by atoms with Crippen LogP contribution in [0, 0.1) is 11.8 Å². The van der Waals surface area contributed by atoms with Crippen LogP contribution in [-0.2, 0) is 16.1 Å². The van der Waals surface area contributed by atoms with Crippen LogP contribution >= 0.6 is 0 Å². The molecule has 1 aliphatic carbocycles. The zero-order chi connectivity index (χ0) is 14.3. The summed E-state index contributed by atoms with van der Waals surface area (Å²) in [6.07, 6.45) is 1.21. The average Bonchev–Trinajstić information content (AvgIpc) is 2.87. The van der Waals surface area contributed by atoms with E-state index in [2.05, 4.69) is 13.0 Å². The molecule has 110 valence electrons. The van der Waals surface area contributed by atoms with Gasteiger partial charge in [0.05, 0.1) is 25.7 Å². The molecular weight excluding hydrogens is 258 g/mol. The zero-order valence-corrected chi connectivity index (χ0v) is 11.9. The first-order valence-corrected chi connectivity index (χ1v) is 7.15. The van der Waals surface area contributed by atoms with E-state index < -0.39 is 11.9 Å². The van der Waals surface area contributed by atoms with Gasteiger partial charge in [0.15, 0.2) is 0 Å². The number of nitrogens with zero attached hydrogens (tertiary/aromatic N) is 1. The Morgan fingerprint density at radius 1 is 1.45 bits per heavy atom. The molecular formula is C15H21NO4. The number of carboxylic acid groups (broad SMARTS) is 1. The minimum atomic E-state index is -0.786. The van der Waals surface area contributed by atoms with Crippen LogP contribution < -0.4 is 0 Å². The molecule has 2 aliphatic rings. The second-order valence-electron chi connectivity index (χ2n) is 6.09. The van der Waals surface area contributed by atoms with Crippen LogP contribution in [0.3, 0.4) is 0 Å². The van der Waals surface area contributed by atoms with E-state index in [0.29, 0.717) is 25.7 Å². The molecule has 1 N–H and O–H groups in total. The minimum Gasteiger partial charge on any atom is -0.481 e. The van der Waals surface area contributed by atoms with Crippen molar-refractivity contribution < 1.29 is 19.1 Å². The number of rotatable bonds is 5. The maximum Gasteiger partial charge on any atom is 0.310 e. The highest BCUT2D eigenvalue weighted by molar-refractivity contribution is 5.71. The first-order valence-electron chi connectivity index (χ1n) is 7.15. The molecule has 0 radical (unpaired) electrons. The topological polar surface area (TPSA) is 62.9 Å². The quantitative estimate of drug-likeness (QED) is 0.892. The van der Waals surface area contributed by atoms with Crippen LogP contribution in [0.15, 0.2) is 16.5 Å². The van der Waals surface area contributed by atoms with E-state index in [4.69, 9.17) is 9.15 Å². The standard InChI is InChI=1S/C15H21NO4/c1-9-5-11(9)14-4-3-10(20-14)6-16(2)13-8-19-7-12(13)15(17)18/h3-4,9,11-13H,5-8H2,1-2H3,(H,17,18). The number of ether oxygens (including phenoxy) is 1. The summed E-state index contributed by atoms with van der Waals surface area (Å²) in [6.45, 7) is 3.62. The number of carboxylic acids is 1. The second-order valence-corrected chi connectivity index (χ2v) is 6.09. The predicted octanol–water partition coefficient (Wildman–Crippen LogP) is 1.93. The molecule has 3 rings (SSSR count). The van der Waals surface area contributed by atoms with Gasteiger partial charge in [0.25, 0.3) is 0 Å². The highest BCUT2D eigenvalue weighted by atomic mass is 16.5. The summed E-state index contributed by atoms with van der Waals surface area (Å²) in [7, 11) is 1.93. The molecule has 20 heavy (non-hydrogen) atoms. The fraction of sp³-hybridized carbons (Fsp3) is 0.667. The Morgan fingerprint density at radius 3 is 2.85 bits per heavy atom. The molecule has 0 amide bonds. The number of likely N-dealkylation sites (N-methyl/N-ethyl adjacent to an activating group) is 1. The molecule has 1 aromatic heterocycles. The van der Waals surface area contributed by atoms with Gasteiger partial charge in [0, 0.05) is 12.0 Å². The Bertz CT molecular complexity index is 498. The lowest BCUT2D eigenvalue weighted by Gasteiger charge is -2.25. The number of hydrogen-bond acceptors (Lipinski definition) is 4. The van der Waals surface area contributed by atoms with Gasteiger partial charge < -0.3 is 14.3 Å². The molecule has 2 heterocycles. The van der Waals surface area contributed by atoms with E-state index in [1.54, 1.807) is 0 Å². The maximum atomic E-state index is 11.2. The molecule has 0 spiro atoms. The summed E-state index contributed by atoms with van der Waals surface area (Å²) < 4.78 is 11.2. The molecule has 1 saturated carbocycles. The van der Waals surface area contributed by atoms with E-state index in [0.717, 1.165) is 17.4 Å². The van der Waals surface area contributed by atoms with Crippen LogP contribution in [0.2, 0.25) is 0 Å². The second kappa shape index (κ2) is 5.22. The highest BCUT2D eigenvalue weighted by Gasteiger charge is 2.38. The zero-order valence-electron chi connectivity index (χ0n) is 11.9. The average molecular weight is 279 g/mol. The van der Waals surface area contributed by atoms with Crippen LogP contribution in [-0.4, -0.2) is 42.3 Å². The third-order valence-corrected chi connectivity index (χ3v) is 4.50. The fourth-order valence-electron chi connectivity index (χ4n) is 2.97. The van der Waals surface area contributed by atoms with Crippen LogP contribution in [0.5, 0.6) is 0 Å². The summed E-state index contributed by atoms with van der Waals surface area (Å²) in [5.41, 5.74) is 0. The Hall–Kier alpha value is -1.33. The Morgan fingerprint density at radius 2 is 2.20 bits per heavy atom. The monoisotopic (exact) mass is 279 g/mol. The van der Waals surface area contributed by atoms with Crippen molar-refractivity contribution in [2.24, 2.45) is 11.8 Å². The molecule has 4 unspecified atom stereocenters. The van der Waals surface area contributed by atoms with E-state index in [9.17, 15) is 9.90 Å². The predicted molar refractivity (Wildman–Crippen MR) is 72.4 cm³/mol. The molecule has 5 nitrogen and oxygen atoms in total. The number of aliphatic carboxylic acids is 1. The van der Waals surface area contributed by atoms with E-state index >= 15 is 0 Å². The minimum absolute atomic E-state index is 0.0825. The molecule has 5 heteroatoms. The first kappa shape index (κ1) is 13.6. The fourth-order valence-corrected chi connectivity index (χ4v) is 2.97. The molecule has 0 aromatic carbocycles. The lowest BCUT2D eigenvalue weighted by molar-refractivity contribution is -0.143. The van der Waals surface area contributed by atoms with Gasteiger partial charge in [0.2, 0.25) is 0 Å². The van der Waals surface area contributed by atoms with Crippen molar-refractivity contribution in [1.82, 2.24) is 4.90 Å². The van der Waals surface area contributed by atoms with Gasteiger partial charge in [-0.3, -0.25) is 9.69 Å². The maximum absolute atomic E-state index is 11.2. The summed E-state index contributed by atoms with van der Waals surface area (Å²) >= 11 is 0.